The minimum atomic E-state index is -3.61. The molecule has 4 rings (SSSR count). The third kappa shape index (κ3) is 4.75. The number of ether oxygens (including phenoxy) is 1. The van der Waals surface area contributed by atoms with Gasteiger partial charge in [0.25, 0.3) is 0 Å². The molecule has 10 heteroatoms. The van der Waals surface area contributed by atoms with E-state index in [1.54, 1.807) is 37.4 Å². The number of sulfonamides is 1. The fourth-order valence-corrected chi connectivity index (χ4v) is 4.30. The van der Waals surface area contributed by atoms with E-state index in [1.807, 2.05) is 0 Å². The van der Waals surface area contributed by atoms with E-state index in [9.17, 15) is 12.8 Å². The summed E-state index contributed by atoms with van der Waals surface area (Å²) >= 11 is 0. The van der Waals surface area contributed by atoms with Gasteiger partial charge in [0.05, 0.1) is 11.5 Å². The molecule has 0 aliphatic carbocycles. The maximum Gasteiger partial charge on any atom is 0.240 e. The van der Waals surface area contributed by atoms with Crippen molar-refractivity contribution in [2.24, 2.45) is 0 Å². The van der Waals surface area contributed by atoms with Crippen LogP contribution in [0.1, 0.15) is 13.3 Å². The van der Waals surface area contributed by atoms with Crippen LogP contribution in [-0.4, -0.2) is 38.1 Å². The number of nitrogens with one attached hydrogen (secondary N) is 3. The maximum absolute atomic E-state index is 14.4. The van der Waals surface area contributed by atoms with Crippen LogP contribution in [0.2, 0.25) is 0 Å². The summed E-state index contributed by atoms with van der Waals surface area (Å²) in [5.41, 5.74) is 1.76. The third-order valence-corrected chi connectivity index (χ3v) is 6.13. The summed E-state index contributed by atoms with van der Waals surface area (Å²) in [4.78, 5) is 9.03. The number of fused-ring (bicyclic) bond motifs is 4. The van der Waals surface area contributed by atoms with Crippen LogP contribution in [0.5, 0.6) is 5.75 Å². The van der Waals surface area contributed by atoms with Crippen molar-refractivity contribution in [2.75, 3.05) is 30.3 Å². The maximum atomic E-state index is 14.4. The van der Waals surface area contributed by atoms with E-state index in [-0.39, 0.29) is 17.2 Å². The van der Waals surface area contributed by atoms with Crippen LogP contribution >= 0.6 is 0 Å². The topological polar surface area (TPSA) is 105 Å². The second kappa shape index (κ2) is 8.86. The molecular formula is C21H22FN5O3S. The molecule has 2 aromatic carbocycles. The summed E-state index contributed by atoms with van der Waals surface area (Å²) in [7, 11) is -3.61. The van der Waals surface area contributed by atoms with Crippen LogP contribution in [0, 0.1) is 5.82 Å². The van der Waals surface area contributed by atoms with Gasteiger partial charge in [-0.25, -0.2) is 22.5 Å². The number of hydrogen-bond donors (Lipinski definition) is 3. The molecule has 4 bridgehead atoms. The monoisotopic (exact) mass is 443 g/mol. The number of halogens is 1. The molecule has 3 N–H and O–H groups in total. The van der Waals surface area contributed by atoms with Crippen molar-refractivity contribution in [3.63, 3.8) is 0 Å². The standard InChI is InChI=1S/C21H22FN5O3S/c1-2-30-19-8-7-14(11-18(19)22)17-13-24-21-26-15-5-3-6-16(12-15)31(28,29)25-10-4-9-23-20(17)27-21/h3,5-8,11-13,25H,2,4,9-10H2,1H3,(H2,23,24,26,27). The van der Waals surface area contributed by atoms with Gasteiger partial charge in [-0.1, -0.05) is 12.1 Å². The van der Waals surface area contributed by atoms with Crippen LogP contribution < -0.4 is 20.1 Å². The van der Waals surface area contributed by atoms with Crippen molar-refractivity contribution in [3.05, 3.63) is 54.5 Å². The summed E-state index contributed by atoms with van der Waals surface area (Å²) in [5, 5.41) is 6.23. The summed E-state index contributed by atoms with van der Waals surface area (Å²) in [6.45, 7) is 2.89. The summed E-state index contributed by atoms with van der Waals surface area (Å²) in [6, 6.07) is 11.1. The van der Waals surface area contributed by atoms with E-state index >= 15 is 0 Å². The second-order valence-electron chi connectivity index (χ2n) is 6.87. The Morgan fingerprint density at radius 1 is 1.16 bits per heavy atom. The Balaban J connectivity index is 1.72. The molecule has 3 aromatic rings. The molecule has 0 saturated heterocycles. The molecule has 162 valence electrons. The average molecular weight is 444 g/mol. The van der Waals surface area contributed by atoms with Crippen LogP contribution in [0.4, 0.5) is 21.8 Å². The van der Waals surface area contributed by atoms with Gasteiger partial charge in [-0.05, 0) is 49.2 Å². The van der Waals surface area contributed by atoms with Gasteiger partial charge in [-0.3, -0.25) is 0 Å². The molecule has 0 saturated carbocycles. The van der Waals surface area contributed by atoms with Crippen LogP contribution in [-0.2, 0) is 10.0 Å². The number of hydrogen-bond acceptors (Lipinski definition) is 7. The quantitative estimate of drug-likeness (QED) is 0.569. The molecule has 2 heterocycles. The highest BCUT2D eigenvalue weighted by molar-refractivity contribution is 7.89. The van der Waals surface area contributed by atoms with Crippen molar-refractivity contribution < 1.29 is 17.5 Å². The molecule has 0 radical (unpaired) electrons. The number of rotatable bonds is 3. The second-order valence-corrected chi connectivity index (χ2v) is 8.63. The molecule has 8 nitrogen and oxygen atoms in total. The third-order valence-electron chi connectivity index (χ3n) is 4.67. The zero-order chi connectivity index (χ0) is 21.8. The smallest absolute Gasteiger partial charge is 0.240 e. The van der Waals surface area contributed by atoms with Gasteiger partial charge in [-0.2, -0.15) is 4.98 Å². The lowest BCUT2D eigenvalue weighted by molar-refractivity contribution is 0.321. The van der Waals surface area contributed by atoms with Gasteiger partial charge >= 0.3 is 0 Å². The molecular weight excluding hydrogens is 421 g/mol. The molecule has 31 heavy (non-hydrogen) atoms. The summed E-state index contributed by atoms with van der Waals surface area (Å²) in [6.07, 6.45) is 2.13. The molecule has 0 amide bonds. The van der Waals surface area contributed by atoms with Crippen LogP contribution in [0.15, 0.2) is 53.6 Å². The van der Waals surface area contributed by atoms with Crippen LogP contribution in [0.25, 0.3) is 11.1 Å². The van der Waals surface area contributed by atoms with Gasteiger partial charge in [0.1, 0.15) is 5.82 Å². The zero-order valence-electron chi connectivity index (χ0n) is 16.9. The molecule has 1 aliphatic rings. The zero-order valence-corrected chi connectivity index (χ0v) is 17.7. The predicted molar refractivity (Wildman–Crippen MR) is 117 cm³/mol. The number of anilines is 3. The van der Waals surface area contributed by atoms with E-state index in [1.165, 1.54) is 18.2 Å². The van der Waals surface area contributed by atoms with Crippen molar-refractivity contribution in [1.29, 1.82) is 0 Å². The predicted octanol–water partition coefficient (Wildman–Crippen LogP) is 3.52. The number of benzene rings is 2. The number of nitrogens with zero attached hydrogens (tertiary/aromatic N) is 2. The Kier molecular flexibility index (Phi) is 6.01. The molecule has 0 fully saturated rings. The lowest BCUT2D eigenvalue weighted by Gasteiger charge is -2.14. The van der Waals surface area contributed by atoms with E-state index in [0.29, 0.717) is 48.2 Å². The molecule has 0 unspecified atom stereocenters. The Bertz CT molecular complexity index is 1200. The molecule has 1 aliphatic heterocycles. The summed E-state index contributed by atoms with van der Waals surface area (Å²) < 4.78 is 47.2. The Morgan fingerprint density at radius 3 is 2.84 bits per heavy atom. The first-order valence-electron chi connectivity index (χ1n) is 9.86. The van der Waals surface area contributed by atoms with Crippen molar-refractivity contribution >= 4 is 27.5 Å². The van der Waals surface area contributed by atoms with Crippen molar-refractivity contribution in [1.82, 2.24) is 14.7 Å². The molecule has 0 atom stereocenters. The first-order chi connectivity index (χ1) is 15.0. The van der Waals surface area contributed by atoms with Gasteiger partial charge in [0, 0.05) is 30.5 Å². The van der Waals surface area contributed by atoms with Gasteiger partial charge < -0.3 is 15.4 Å². The highest BCUT2D eigenvalue weighted by Gasteiger charge is 2.16. The molecule has 1 aromatic heterocycles. The number of aromatic nitrogens is 2. The Labute approximate surface area is 179 Å². The van der Waals surface area contributed by atoms with E-state index < -0.39 is 15.8 Å². The normalized spacial score (nSPS) is 15.4. The minimum Gasteiger partial charge on any atom is -0.491 e. The lowest BCUT2D eigenvalue weighted by Crippen LogP contribution is -2.26. The lowest BCUT2D eigenvalue weighted by atomic mass is 10.1. The molecule has 0 spiro atoms. The Hall–Kier alpha value is -3.24. The summed E-state index contributed by atoms with van der Waals surface area (Å²) in [5.74, 6) is 0.522. The highest BCUT2D eigenvalue weighted by atomic mass is 32.2. The van der Waals surface area contributed by atoms with Gasteiger partial charge in [-0.15, -0.1) is 0 Å². The highest BCUT2D eigenvalue weighted by Crippen LogP contribution is 2.31. The van der Waals surface area contributed by atoms with E-state index in [4.69, 9.17) is 4.74 Å². The SMILES string of the molecule is CCOc1ccc(-c2cnc3nc2NCCCNS(=O)(=O)c2cccc(c2)N3)cc1F. The first-order valence-corrected chi connectivity index (χ1v) is 11.3. The first kappa shape index (κ1) is 21.0. The van der Waals surface area contributed by atoms with E-state index in [0.717, 1.165) is 0 Å². The van der Waals surface area contributed by atoms with Crippen molar-refractivity contribution in [3.8, 4) is 16.9 Å². The fourth-order valence-electron chi connectivity index (χ4n) is 3.18. The fraction of sp³-hybridized carbons (Fsp3) is 0.238. The largest absolute Gasteiger partial charge is 0.491 e. The average Bonchev–Trinajstić information content (AvgIpc) is 2.75. The van der Waals surface area contributed by atoms with Crippen LogP contribution in [0.3, 0.4) is 0 Å². The van der Waals surface area contributed by atoms with E-state index in [2.05, 4.69) is 25.3 Å². The minimum absolute atomic E-state index is 0.159. The van der Waals surface area contributed by atoms with Gasteiger partial charge in [0.2, 0.25) is 16.0 Å². The Morgan fingerprint density at radius 2 is 2.03 bits per heavy atom. The van der Waals surface area contributed by atoms with Gasteiger partial charge in [0.15, 0.2) is 11.6 Å². The van der Waals surface area contributed by atoms with Crippen molar-refractivity contribution in [2.45, 2.75) is 18.2 Å².